The molecule has 3 heteroatoms. The van der Waals surface area contributed by atoms with Crippen LogP contribution in [0.3, 0.4) is 0 Å². The Morgan fingerprint density at radius 1 is 1.35 bits per heavy atom. The lowest BCUT2D eigenvalue weighted by Gasteiger charge is -2.41. The quantitative estimate of drug-likeness (QED) is 0.744. The molecule has 2 saturated carbocycles. The van der Waals surface area contributed by atoms with Gasteiger partial charge in [0.1, 0.15) is 0 Å². The Balaban J connectivity index is 2.21. The molecule has 0 N–H and O–H groups in total. The average Bonchev–Trinajstić information content (AvgIpc) is 2.69. The molecule has 0 aromatic carbocycles. The van der Waals surface area contributed by atoms with E-state index in [1.807, 2.05) is 0 Å². The van der Waals surface area contributed by atoms with Crippen LogP contribution in [0.1, 0.15) is 53.9 Å². The maximum atomic E-state index is 12.5. The van der Waals surface area contributed by atoms with E-state index in [0.29, 0.717) is 11.7 Å². The number of hydrogen-bond acceptors (Lipinski definition) is 2. The molecule has 114 valence electrons. The fraction of sp³-hybridized carbons (Fsp3) is 0.882. The van der Waals surface area contributed by atoms with Crippen LogP contribution in [0.25, 0.3) is 0 Å². The summed E-state index contributed by atoms with van der Waals surface area (Å²) in [4.78, 5) is 0. The molecule has 2 rings (SSSR count). The van der Waals surface area contributed by atoms with Gasteiger partial charge in [0.2, 0.25) is 0 Å². The van der Waals surface area contributed by atoms with Gasteiger partial charge in [-0.25, -0.2) is 4.21 Å². The normalized spacial score (nSPS) is 36.5. The minimum Gasteiger partial charge on any atom is -0.381 e. The zero-order valence-electron chi connectivity index (χ0n) is 13.7. The molecule has 0 saturated heterocycles. The molecular weight excluding hydrogens is 268 g/mol. The highest BCUT2D eigenvalue weighted by atomic mass is 32.2. The summed E-state index contributed by atoms with van der Waals surface area (Å²) < 4.78 is 18.2. The lowest BCUT2D eigenvalue weighted by atomic mass is 9.69. The van der Waals surface area contributed by atoms with Crippen molar-refractivity contribution in [1.29, 1.82) is 0 Å². The molecule has 4 atom stereocenters. The third-order valence-electron chi connectivity index (χ3n) is 5.57. The second-order valence-electron chi connectivity index (χ2n) is 8.04. The first-order valence-electron chi connectivity index (χ1n) is 7.56. The van der Waals surface area contributed by atoms with Gasteiger partial charge in [-0.2, -0.15) is 0 Å². The van der Waals surface area contributed by atoms with Crippen LogP contribution in [-0.2, 0) is 15.5 Å². The van der Waals surface area contributed by atoms with Crippen molar-refractivity contribution in [3.8, 4) is 11.2 Å². The third kappa shape index (κ3) is 2.57. The van der Waals surface area contributed by atoms with Gasteiger partial charge in [-0.1, -0.05) is 19.8 Å². The summed E-state index contributed by atoms with van der Waals surface area (Å²) in [7, 11) is 0.720. The standard InChI is InChI=1S/C17H28O2S/c1-15(2,3)9-10-20(18)12-17-8-7-13(16(17,4)5)11-14(17)19-6/h13-14H,7-8,11-12H2,1-6H3/t13?,14-,17-,20?/m1/s1. The third-order valence-corrected chi connectivity index (χ3v) is 6.68. The van der Waals surface area contributed by atoms with E-state index in [1.165, 1.54) is 6.42 Å². The minimum absolute atomic E-state index is 0.0455. The molecular formula is C17H28O2S. The van der Waals surface area contributed by atoms with Crippen LogP contribution in [0.15, 0.2) is 0 Å². The van der Waals surface area contributed by atoms with Gasteiger partial charge in [0.25, 0.3) is 0 Å². The van der Waals surface area contributed by atoms with E-state index in [0.717, 1.165) is 12.8 Å². The predicted octanol–water partition coefficient (Wildman–Crippen LogP) is 3.58. The van der Waals surface area contributed by atoms with Crippen molar-refractivity contribution >= 4 is 10.8 Å². The van der Waals surface area contributed by atoms with Crippen LogP contribution in [0.4, 0.5) is 0 Å². The van der Waals surface area contributed by atoms with E-state index in [2.05, 4.69) is 45.8 Å². The van der Waals surface area contributed by atoms with E-state index in [4.69, 9.17) is 4.74 Å². The average molecular weight is 296 g/mol. The first-order valence-corrected chi connectivity index (χ1v) is 8.88. The van der Waals surface area contributed by atoms with Gasteiger partial charge in [0, 0.05) is 23.7 Å². The highest BCUT2D eigenvalue weighted by molar-refractivity contribution is 7.89. The molecule has 0 radical (unpaired) electrons. The Morgan fingerprint density at radius 3 is 2.50 bits per heavy atom. The fourth-order valence-electron chi connectivity index (χ4n) is 4.15. The first-order chi connectivity index (χ1) is 9.12. The molecule has 0 aliphatic heterocycles. The minimum atomic E-state index is -1.08. The summed E-state index contributed by atoms with van der Waals surface area (Å²) in [6.45, 7) is 10.8. The summed E-state index contributed by atoms with van der Waals surface area (Å²) >= 11 is 0. The maximum Gasteiger partial charge on any atom is 0.0981 e. The monoisotopic (exact) mass is 296 g/mol. The second kappa shape index (κ2) is 5.14. The van der Waals surface area contributed by atoms with E-state index in [9.17, 15) is 4.21 Å². The van der Waals surface area contributed by atoms with Gasteiger partial charge in [-0.05, 0) is 56.6 Å². The lowest BCUT2D eigenvalue weighted by Crippen LogP contribution is -2.43. The van der Waals surface area contributed by atoms with Gasteiger partial charge in [-0.15, -0.1) is 0 Å². The Bertz CT molecular complexity index is 464. The highest BCUT2D eigenvalue weighted by Gasteiger charge is 2.64. The van der Waals surface area contributed by atoms with Crippen LogP contribution in [0, 0.1) is 33.3 Å². The zero-order valence-corrected chi connectivity index (χ0v) is 14.5. The largest absolute Gasteiger partial charge is 0.381 e. The fourth-order valence-corrected chi connectivity index (χ4v) is 5.81. The molecule has 2 nitrogen and oxygen atoms in total. The van der Waals surface area contributed by atoms with Crippen molar-refractivity contribution in [3.63, 3.8) is 0 Å². The van der Waals surface area contributed by atoms with Gasteiger partial charge < -0.3 is 4.74 Å². The Morgan fingerprint density at radius 2 is 2.00 bits per heavy atom. The van der Waals surface area contributed by atoms with E-state index >= 15 is 0 Å². The Hall–Kier alpha value is -0.330. The lowest BCUT2D eigenvalue weighted by molar-refractivity contribution is -0.0171. The van der Waals surface area contributed by atoms with E-state index in [1.54, 1.807) is 7.11 Å². The molecule has 2 fully saturated rings. The topological polar surface area (TPSA) is 26.3 Å². The van der Waals surface area contributed by atoms with Crippen LogP contribution in [0.5, 0.6) is 0 Å². The van der Waals surface area contributed by atoms with Crippen LogP contribution < -0.4 is 0 Å². The van der Waals surface area contributed by atoms with Gasteiger partial charge in [0.15, 0.2) is 0 Å². The molecule has 2 bridgehead atoms. The van der Waals surface area contributed by atoms with Gasteiger partial charge >= 0.3 is 0 Å². The van der Waals surface area contributed by atoms with Crippen molar-refractivity contribution in [1.82, 2.24) is 0 Å². The summed E-state index contributed by atoms with van der Waals surface area (Å²) in [5, 5.41) is 2.98. The zero-order chi connectivity index (χ0) is 15.2. The molecule has 2 aliphatic carbocycles. The summed E-state index contributed by atoms with van der Waals surface area (Å²) in [5.41, 5.74) is 0.175. The van der Waals surface area contributed by atoms with Gasteiger partial charge in [-0.3, -0.25) is 0 Å². The van der Waals surface area contributed by atoms with Crippen LogP contribution >= 0.6 is 0 Å². The molecule has 0 aromatic heterocycles. The number of methoxy groups -OCH3 is 1. The molecule has 0 spiro atoms. The number of hydrogen-bond donors (Lipinski definition) is 0. The van der Waals surface area contributed by atoms with E-state index < -0.39 is 10.8 Å². The summed E-state index contributed by atoms with van der Waals surface area (Å²) in [6.07, 6.45) is 3.74. The SMILES string of the molecule is CO[C@@H]1CC2CC[C@]1(CS(=O)C#CC(C)(C)C)C2(C)C. The van der Waals surface area contributed by atoms with Crippen molar-refractivity contribution in [2.75, 3.05) is 12.9 Å². The molecule has 0 aromatic rings. The van der Waals surface area contributed by atoms with Crippen LogP contribution in [0.2, 0.25) is 0 Å². The Labute approximate surface area is 126 Å². The van der Waals surface area contributed by atoms with E-state index in [-0.39, 0.29) is 22.3 Å². The molecule has 2 aliphatic rings. The van der Waals surface area contributed by atoms with Crippen molar-refractivity contribution in [3.05, 3.63) is 0 Å². The summed E-state index contributed by atoms with van der Waals surface area (Å²) in [6, 6.07) is 0. The molecule has 0 heterocycles. The molecule has 0 amide bonds. The Kier molecular flexibility index (Phi) is 4.13. The number of fused-ring (bicyclic) bond motifs is 2. The number of ether oxygens (including phenoxy) is 1. The number of rotatable bonds is 3. The summed E-state index contributed by atoms with van der Waals surface area (Å²) in [5.74, 6) is 4.49. The molecule has 20 heavy (non-hydrogen) atoms. The smallest absolute Gasteiger partial charge is 0.0981 e. The van der Waals surface area contributed by atoms with Crippen molar-refractivity contribution in [2.24, 2.45) is 22.2 Å². The van der Waals surface area contributed by atoms with Crippen molar-refractivity contribution in [2.45, 2.75) is 60.0 Å². The highest BCUT2D eigenvalue weighted by Crippen LogP contribution is 2.66. The van der Waals surface area contributed by atoms with Gasteiger partial charge in [0.05, 0.1) is 16.9 Å². The maximum absolute atomic E-state index is 12.5. The predicted molar refractivity (Wildman–Crippen MR) is 84.6 cm³/mol. The molecule has 2 unspecified atom stereocenters. The van der Waals surface area contributed by atoms with Crippen molar-refractivity contribution < 1.29 is 8.95 Å². The first kappa shape index (κ1) is 16.0. The second-order valence-corrected chi connectivity index (χ2v) is 9.22. The van der Waals surface area contributed by atoms with Crippen LogP contribution in [-0.4, -0.2) is 23.2 Å².